The Labute approximate surface area is 118 Å². The lowest BCUT2D eigenvalue weighted by Gasteiger charge is -2.23. The molecule has 1 aliphatic heterocycles. The number of thiazole rings is 1. The van der Waals surface area contributed by atoms with Crippen molar-refractivity contribution < 1.29 is 0 Å². The molecule has 3 rings (SSSR count). The number of likely N-dealkylation sites (tertiary alicyclic amines) is 1. The summed E-state index contributed by atoms with van der Waals surface area (Å²) in [6, 6.07) is 0.445. The average molecular weight is 276 g/mol. The summed E-state index contributed by atoms with van der Waals surface area (Å²) in [4.78, 5) is 11.8. The van der Waals surface area contributed by atoms with Crippen molar-refractivity contribution >= 4 is 11.3 Å². The molecule has 0 radical (unpaired) electrons. The molecule has 1 fully saturated rings. The number of imidazole rings is 1. The first-order valence-corrected chi connectivity index (χ1v) is 7.66. The Morgan fingerprint density at radius 2 is 2.21 bits per heavy atom. The van der Waals surface area contributed by atoms with Gasteiger partial charge in [0.1, 0.15) is 5.82 Å². The van der Waals surface area contributed by atoms with Gasteiger partial charge in [-0.05, 0) is 33.2 Å². The van der Waals surface area contributed by atoms with Crippen LogP contribution in [0.25, 0.3) is 0 Å². The molecule has 1 atom stereocenters. The minimum absolute atomic E-state index is 0.445. The van der Waals surface area contributed by atoms with Crippen LogP contribution in [0.1, 0.15) is 41.1 Å². The Hall–Kier alpha value is -1.20. The molecular formula is C14H20N4S. The monoisotopic (exact) mass is 276 g/mol. The normalized spacial score (nSPS) is 20.3. The lowest BCUT2D eigenvalue weighted by atomic mass is 10.2. The predicted octanol–water partition coefficient (Wildman–Crippen LogP) is 2.83. The summed E-state index contributed by atoms with van der Waals surface area (Å²) >= 11 is 1.73. The minimum atomic E-state index is 0.445. The molecule has 4 nitrogen and oxygen atoms in total. The first-order valence-electron chi connectivity index (χ1n) is 6.78. The van der Waals surface area contributed by atoms with Gasteiger partial charge >= 0.3 is 0 Å². The van der Waals surface area contributed by atoms with Gasteiger partial charge in [-0.25, -0.2) is 9.97 Å². The third-order valence-electron chi connectivity index (χ3n) is 3.73. The molecule has 102 valence electrons. The van der Waals surface area contributed by atoms with Gasteiger partial charge in [-0.15, -0.1) is 11.3 Å². The van der Waals surface area contributed by atoms with Crippen molar-refractivity contribution in [2.75, 3.05) is 6.54 Å². The Balaban J connectivity index is 1.79. The average Bonchev–Trinajstić information content (AvgIpc) is 3.02. The van der Waals surface area contributed by atoms with E-state index in [1.54, 1.807) is 11.3 Å². The molecule has 3 heterocycles. The molecule has 1 saturated heterocycles. The van der Waals surface area contributed by atoms with Gasteiger partial charge in [0, 0.05) is 25.2 Å². The van der Waals surface area contributed by atoms with E-state index in [0.29, 0.717) is 6.04 Å². The predicted molar refractivity (Wildman–Crippen MR) is 77.2 cm³/mol. The molecule has 1 unspecified atom stereocenters. The lowest BCUT2D eigenvalue weighted by Crippen LogP contribution is -2.25. The maximum Gasteiger partial charge on any atom is 0.126 e. The summed E-state index contributed by atoms with van der Waals surface area (Å²) in [5.41, 5.74) is 2.30. The van der Waals surface area contributed by atoms with Gasteiger partial charge in [-0.2, -0.15) is 0 Å². The molecule has 0 bridgehead atoms. The van der Waals surface area contributed by atoms with Gasteiger partial charge in [0.15, 0.2) is 0 Å². The zero-order chi connectivity index (χ0) is 13.4. The van der Waals surface area contributed by atoms with E-state index >= 15 is 0 Å². The summed E-state index contributed by atoms with van der Waals surface area (Å²) in [7, 11) is 2.10. The molecule has 19 heavy (non-hydrogen) atoms. The van der Waals surface area contributed by atoms with Gasteiger partial charge in [0.25, 0.3) is 0 Å². The molecule has 0 spiro atoms. The van der Waals surface area contributed by atoms with Crippen LogP contribution in [0.5, 0.6) is 0 Å². The molecule has 2 aromatic rings. The number of aromatic nitrogens is 3. The molecule has 1 aliphatic rings. The van der Waals surface area contributed by atoms with Crippen molar-refractivity contribution in [1.82, 2.24) is 19.4 Å². The fraction of sp³-hybridized carbons (Fsp3) is 0.571. The molecule has 0 amide bonds. The maximum atomic E-state index is 4.69. The van der Waals surface area contributed by atoms with Crippen molar-refractivity contribution in [3.63, 3.8) is 0 Å². The number of nitrogens with zero attached hydrogens (tertiary/aromatic N) is 4. The summed E-state index contributed by atoms with van der Waals surface area (Å²) in [6.07, 6.45) is 4.56. The van der Waals surface area contributed by atoms with Crippen LogP contribution in [-0.4, -0.2) is 26.0 Å². The first-order chi connectivity index (χ1) is 9.13. The quantitative estimate of drug-likeness (QED) is 0.864. The first kappa shape index (κ1) is 12.8. The Morgan fingerprint density at radius 1 is 1.37 bits per heavy atom. The van der Waals surface area contributed by atoms with Crippen molar-refractivity contribution in [1.29, 1.82) is 0 Å². The van der Waals surface area contributed by atoms with Gasteiger partial charge in [-0.1, -0.05) is 0 Å². The zero-order valence-electron chi connectivity index (χ0n) is 11.8. The second kappa shape index (κ2) is 5.06. The fourth-order valence-electron chi connectivity index (χ4n) is 2.94. The van der Waals surface area contributed by atoms with E-state index in [1.807, 2.05) is 0 Å². The van der Waals surface area contributed by atoms with E-state index in [2.05, 4.69) is 46.9 Å². The van der Waals surface area contributed by atoms with Gasteiger partial charge in [-0.3, -0.25) is 4.90 Å². The largest absolute Gasteiger partial charge is 0.336 e. The zero-order valence-corrected chi connectivity index (χ0v) is 12.6. The highest BCUT2D eigenvalue weighted by Crippen LogP contribution is 2.32. The highest BCUT2D eigenvalue weighted by molar-refractivity contribution is 7.09. The number of aryl methyl sites for hydroxylation is 3. The third kappa shape index (κ3) is 2.58. The van der Waals surface area contributed by atoms with Crippen LogP contribution in [-0.2, 0) is 13.6 Å². The van der Waals surface area contributed by atoms with Crippen LogP contribution >= 0.6 is 11.3 Å². The standard InChI is InChI=1S/C14H20N4S/c1-10-7-17(3)14(15-10)13-5-4-6-18(13)8-12-9-19-11(2)16-12/h7,9,13H,4-6,8H2,1-3H3. The van der Waals surface area contributed by atoms with Crippen LogP contribution in [0.15, 0.2) is 11.6 Å². The van der Waals surface area contributed by atoms with Crippen molar-refractivity contribution in [2.24, 2.45) is 7.05 Å². The maximum absolute atomic E-state index is 4.69. The van der Waals surface area contributed by atoms with E-state index in [0.717, 1.165) is 23.8 Å². The van der Waals surface area contributed by atoms with Crippen LogP contribution in [0.4, 0.5) is 0 Å². The summed E-state index contributed by atoms with van der Waals surface area (Å²) in [6.45, 7) is 6.22. The number of hydrogen-bond acceptors (Lipinski definition) is 4. The van der Waals surface area contributed by atoms with E-state index in [4.69, 9.17) is 4.98 Å². The van der Waals surface area contributed by atoms with Gasteiger partial charge in [0.2, 0.25) is 0 Å². The lowest BCUT2D eigenvalue weighted by molar-refractivity contribution is 0.234. The van der Waals surface area contributed by atoms with Crippen molar-refractivity contribution in [3.8, 4) is 0 Å². The van der Waals surface area contributed by atoms with Gasteiger partial charge in [0.05, 0.1) is 22.4 Å². The Kier molecular flexibility index (Phi) is 3.41. The summed E-state index contributed by atoms with van der Waals surface area (Å²) in [5.74, 6) is 1.20. The van der Waals surface area contributed by atoms with E-state index in [1.165, 1.54) is 24.4 Å². The molecule has 0 N–H and O–H groups in total. The second-order valence-corrected chi connectivity index (χ2v) is 6.40. The highest BCUT2D eigenvalue weighted by atomic mass is 32.1. The van der Waals surface area contributed by atoms with Crippen LogP contribution in [0, 0.1) is 13.8 Å². The molecule has 5 heteroatoms. The SMILES string of the molecule is Cc1cn(C)c(C2CCCN2Cc2csc(C)n2)n1. The van der Waals surface area contributed by atoms with Crippen molar-refractivity contribution in [2.45, 2.75) is 39.3 Å². The Morgan fingerprint density at radius 3 is 2.84 bits per heavy atom. The molecule has 0 saturated carbocycles. The van der Waals surface area contributed by atoms with E-state index in [9.17, 15) is 0 Å². The molecular weight excluding hydrogens is 256 g/mol. The van der Waals surface area contributed by atoms with Crippen LogP contribution in [0.2, 0.25) is 0 Å². The van der Waals surface area contributed by atoms with Crippen LogP contribution in [0.3, 0.4) is 0 Å². The molecule has 0 aliphatic carbocycles. The molecule has 2 aromatic heterocycles. The molecule has 0 aromatic carbocycles. The topological polar surface area (TPSA) is 34.0 Å². The fourth-order valence-corrected chi connectivity index (χ4v) is 3.54. The van der Waals surface area contributed by atoms with Crippen LogP contribution < -0.4 is 0 Å². The minimum Gasteiger partial charge on any atom is -0.336 e. The highest BCUT2D eigenvalue weighted by Gasteiger charge is 2.29. The number of rotatable bonds is 3. The third-order valence-corrected chi connectivity index (χ3v) is 4.55. The number of hydrogen-bond donors (Lipinski definition) is 0. The summed E-state index contributed by atoms with van der Waals surface area (Å²) < 4.78 is 2.17. The second-order valence-electron chi connectivity index (χ2n) is 5.34. The smallest absolute Gasteiger partial charge is 0.126 e. The van der Waals surface area contributed by atoms with E-state index in [-0.39, 0.29) is 0 Å². The van der Waals surface area contributed by atoms with Gasteiger partial charge < -0.3 is 4.57 Å². The van der Waals surface area contributed by atoms with E-state index < -0.39 is 0 Å². The Bertz CT molecular complexity index is 572. The summed E-state index contributed by atoms with van der Waals surface area (Å²) in [5, 5.41) is 3.33. The van der Waals surface area contributed by atoms with Crippen molar-refractivity contribution in [3.05, 3.63) is 33.8 Å².